The molecule has 2 heterocycles. The van der Waals surface area contributed by atoms with Gasteiger partial charge in [0.05, 0.1) is 48.8 Å². The number of ether oxygens (including phenoxy) is 1. The highest BCUT2D eigenvalue weighted by Crippen LogP contribution is 2.32. The first-order valence-corrected chi connectivity index (χ1v) is 12.7. The van der Waals surface area contributed by atoms with Gasteiger partial charge in [-0.3, -0.25) is 4.90 Å². The molecule has 1 aliphatic rings. The highest BCUT2D eigenvalue weighted by molar-refractivity contribution is 5.94. The van der Waals surface area contributed by atoms with E-state index in [1.807, 2.05) is 4.90 Å². The number of β-amino-alcohol motifs (C(OH)–C–C–N with tert-alkyl or cyclic N) is 1. The number of benzene rings is 2. The lowest BCUT2D eigenvalue weighted by Crippen LogP contribution is -2.48. The van der Waals surface area contributed by atoms with E-state index in [2.05, 4.69) is 22.5 Å². The third kappa shape index (κ3) is 6.97. The number of aromatic carboxylic acids is 1. The quantitative estimate of drug-likeness (QED) is 0.229. The number of fused-ring (bicyclic) bond motifs is 1. The average Bonchev–Trinajstić information content (AvgIpc) is 3.24. The Kier molecular flexibility index (Phi) is 9.07. The number of alkyl halides is 4. The van der Waals surface area contributed by atoms with Crippen LogP contribution in [0.2, 0.25) is 0 Å². The molecule has 4 N–H and O–H groups in total. The SMILES string of the molecule is COc1cc(C(=O)O)ccc1NCC#Cc1cc2c(N[C@@H]3CCN(CCO)C[C@@H]3F)cccc2n1CC(F)(F)F. The number of carboxylic acid groups (broad SMARTS) is 1. The summed E-state index contributed by atoms with van der Waals surface area (Å²) >= 11 is 0. The second-order valence-corrected chi connectivity index (χ2v) is 9.42. The monoisotopic (exact) mass is 562 g/mol. The molecule has 1 aliphatic heterocycles. The summed E-state index contributed by atoms with van der Waals surface area (Å²) in [4.78, 5) is 13.0. The van der Waals surface area contributed by atoms with E-state index in [0.717, 1.165) is 4.57 Å². The molecule has 214 valence electrons. The molecular formula is C28H30F4N4O4. The number of methoxy groups -OCH3 is 1. The van der Waals surface area contributed by atoms with Crippen molar-refractivity contribution in [2.75, 3.05) is 50.5 Å². The number of halogens is 4. The van der Waals surface area contributed by atoms with E-state index < -0.39 is 30.9 Å². The van der Waals surface area contributed by atoms with Gasteiger partial charge in [-0.1, -0.05) is 12.0 Å². The number of piperidine rings is 1. The number of rotatable bonds is 9. The Morgan fingerprint density at radius 1 is 1.20 bits per heavy atom. The van der Waals surface area contributed by atoms with Crippen molar-refractivity contribution in [1.29, 1.82) is 0 Å². The van der Waals surface area contributed by atoms with Gasteiger partial charge >= 0.3 is 12.1 Å². The second kappa shape index (κ2) is 12.5. The first-order valence-electron chi connectivity index (χ1n) is 12.7. The van der Waals surface area contributed by atoms with Crippen LogP contribution in [0.3, 0.4) is 0 Å². The van der Waals surface area contributed by atoms with Crippen LogP contribution in [0.4, 0.5) is 28.9 Å². The van der Waals surface area contributed by atoms with Crippen LogP contribution in [0.15, 0.2) is 42.5 Å². The van der Waals surface area contributed by atoms with Gasteiger partial charge < -0.3 is 30.2 Å². The topological polar surface area (TPSA) is 99.0 Å². The molecule has 0 amide bonds. The van der Waals surface area contributed by atoms with Gasteiger partial charge in [0.25, 0.3) is 0 Å². The van der Waals surface area contributed by atoms with Crippen molar-refractivity contribution in [3.8, 4) is 17.6 Å². The predicted octanol–water partition coefficient (Wildman–Crippen LogP) is 4.19. The van der Waals surface area contributed by atoms with Crippen molar-refractivity contribution in [1.82, 2.24) is 9.47 Å². The molecule has 2 atom stereocenters. The zero-order valence-corrected chi connectivity index (χ0v) is 21.8. The zero-order chi connectivity index (χ0) is 28.9. The fourth-order valence-corrected chi connectivity index (χ4v) is 4.78. The summed E-state index contributed by atoms with van der Waals surface area (Å²) in [5.74, 6) is 4.81. The van der Waals surface area contributed by atoms with Crippen LogP contribution in [-0.4, -0.2) is 83.9 Å². The number of aliphatic hydroxyl groups excluding tert-OH is 1. The summed E-state index contributed by atoms with van der Waals surface area (Å²) in [6, 6.07) is 10.2. The van der Waals surface area contributed by atoms with Gasteiger partial charge in [0.15, 0.2) is 0 Å². The van der Waals surface area contributed by atoms with Crippen LogP contribution < -0.4 is 15.4 Å². The van der Waals surface area contributed by atoms with Crippen LogP contribution in [0, 0.1) is 11.8 Å². The number of nitrogens with one attached hydrogen (secondary N) is 2. The third-order valence-electron chi connectivity index (χ3n) is 6.70. The van der Waals surface area contributed by atoms with E-state index in [1.165, 1.54) is 25.3 Å². The third-order valence-corrected chi connectivity index (χ3v) is 6.70. The number of hydrogen-bond acceptors (Lipinski definition) is 6. The van der Waals surface area contributed by atoms with Gasteiger partial charge in [-0.2, -0.15) is 13.2 Å². The summed E-state index contributed by atoms with van der Waals surface area (Å²) in [6.07, 6.45) is -5.22. The lowest BCUT2D eigenvalue weighted by molar-refractivity contribution is -0.140. The molecule has 0 unspecified atom stereocenters. The zero-order valence-electron chi connectivity index (χ0n) is 21.8. The molecule has 1 saturated heterocycles. The van der Waals surface area contributed by atoms with E-state index in [4.69, 9.17) is 14.9 Å². The normalized spacial score (nSPS) is 17.8. The number of aliphatic hydroxyl groups is 1. The molecule has 40 heavy (non-hydrogen) atoms. The lowest BCUT2D eigenvalue weighted by atomic mass is 10.0. The molecular weight excluding hydrogens is 532 g/mol. The average molecular weight is 563 g/mol. The van der Waals surface area contributed by atoms with E-state index >= 15 is 0 Å². The number of likely N-dealkylation sites (tertiary alicyclic amines) is 1. The van der Waals surface area contributed by atoms with Crippen LogP contribution in [0.1, 0.15) is 22.5 Å². The minimum absolute atomic E-state index is 0.0457. The number of nitrogens with zero attached hydrogens (tertiary/aromatic N) is 2. The van der Waals surface area contributed by atoms with Gasteiger partial charge in [-0.25, -0.2) is 9.18 Å². The van der Waals surface area contributed by atoms with Crippen molar-refractivity contribution < 1.29 is 37.3 Å². The molecule has 0 spiro atoms. The summed E-state index contributed by atoms with van der Waals surface area (Å²) < 4.78 is 61.7. The molecule has 0 radical (unpaired) electrons. The number of carbonyl (C=O) groups is 1. The Hall–Kier alpha value is -3.95. The van der Waals surface area contributed by atoms with Crippen LogP contribution in [0.5, 0.6) is 5.75 Å². The van der Waals surface area contributed by atoms with E-state index in [9.17, 15) is 22.4 Å². The predicted molar refractivity (Wildman–Crippen MR) is 144 cm³/mol. The highest BCUT2D eigenvalue weighted by atomic mass is 19.4. The first kappa shape index (κ1) is 29.0. The Labute approximate surface area is 228 Å². The fourth-order valence-electron chi connectivity index (χ4n) is 4.78. The van der Waals surface area contributed by atoms with Gasteiger partial charge in [-0.05, 0) is 48.7 Å². The van der Waals surface area contributed by atoms with E-state index in [0.29, 0.717) is 41.8 Å². The van der Waals surface area contributed by atoms with Gasteiger partial charge in [0, 0.05) is 30.7 Å². The molecule has 3 aromatic rings. The van der Waals surface area contributed by atoms with E-state index in [-0.39, 0.29) is 36.7 Å². The van der Waals surface area contributed by atoms with Crippen molar-refractivity contribution in [2.45, 2.75) is 31.4 Å². The summed E-state index contributed by atoms with van der Waals surface area (Å²) in [5, 5.41) is 24.9. The van der Waals surface area contributed by atoms with Gasteiger partial charge in [0.2, 0.25) is 0 Å². The van der Waals surface area contributed by atoms with Crippen molar-refractivity contribution in [3.05, 3.63) is 53.7 Å². The molecule has 1 fully saturated rings. The Morgan fingerprint density at radius 3 is 2.67 bits per heavy atom. The fraction of sp³-hybridized carbons (Fsp3) is 0.393. The summed E-state index contributed by atoms with van der Waals surface area (Å²) in [5.41, 5.74) is 1.51. The maximum atomic E-state index is 14.9. The largest absolute Gasteiger partial charge is 0.495 e. The van der Waals surface area contributed by atoms with E-state index in [1.54, 1.807) is 24.3 Å². The molecule has 0 aliphatic carbocycles. The highest BCUT2D eigenvalue weighted by Gasteiger charge is 2.31. The first-order chi connectivity index (χ1) is 19.1. The van der Waals surface area contributed by atoms with Crippen LogP contribution in [-0.2, 0) is 6.54 Å². The Morgan fingerprint density at radius 2 is 2.00 bits per heavy atom. The number of anilines is 2. The second-order valence-electron chi connectivity index (χ2n) is 9.42. The minimum atomic E-state index is -4.49. The smallest absolute Gasteiger partial charge is 0.406 e. The molecule has 0 bridgehead atoms. The maximum Gasteiger partial charge on any atom is 0.406 e. The number of carboxylic acids is 1. The molecule has 4 rings (SSSR count). The van der Waals surface area contributed by atoms with Crippen molar-refractivity contribution in [3.63, 3.8) is 0 Å². The number of hydrogen-bond donors (Lipinski definition) is 4. The lowest BCUT2D eigenvalue weighted by Gasteiger charge is -2.35. The molecule has 1 aromatic heterocycles. The van der Waals surface area contributed by atoms with Crippen LogP contribution >= 0.6 is 0 Å². The van der Waals surface area contributed by atoms with Crippen molar-refractivity contribution in [2.24, 2.45) is 0 Å². The number of aromatic nitrogens is 1. The summed E-state index contributed by atoms with van der Waals surface area (Å²) in [6.45, 7) is -0.0976. The maximum absolute atomic E-state index is 14.9. The molecule has 2 aromatic carbocycles. The standard InChI is InChI=1S/C28H30F4N4O4/c1-40-26-14-18(27(38)39)7-8-24(26)33-10-3-4-19-15-20-22(5-2-6-25(20)36(19)17-28(30,31)32)34-23-9-11-35(12-13-37)16-21(23)29/h2,5-8,14-15,21,23,33-34,37H,9-13,16-17H2,1H3,(H,38,39)/t21-,23+/m0/s1. The van der Waals surface area contributed by atoms with Crippen LogP contribution in [0.25, 0.3) is 10.9 Å². The molecule has 12 heteroatoms. The van der Waals surface area contributed by atoms with Crippen molar-refractivity contribution >= 4 is 28.2 Å². The minimum Gasteiger partial charge on any atom is -0.495 e. The molecule has 0 saturated carbocycles. The van der Waals surface area contributed by atoms with Gasteiger partial charge in [-0.15, -0.1) is 0 Å². The Balaban J connectivity index is 1.58. The van der Waals surface area contributed by atoms with Gasteiger partial charge in [0.1, 0.15) is 18.5 Å². The molecule has 8 nitrogen and oxygen atoms in total. The summed E-state index contributed by atoms with van der Waals surface area (Å²) in [7, 11) is 1.39. The Bertz CT molecular complexity index is 1410.